The summed E-state index contributed by atoms with van der Waals surface area (Å²) in [6, 6.07) is 15.9. The van der Waals surface area contributed by atoms with Crippen LogP contribution < -0.4 is 10.2 Å². The van der Waals surface area contributed by atoms with E-state index in [0.29, 0.717) is 31.2 Å². The molecule has 1 N–H and O–H groups in total. The van der Waals surface area contributed by atoms with E-state index >= 15 is 0 Å². The molecule has 0 heterocycles. The van der Waals surface area contributed by atoms with Gasteiger partial charge in [0.2, 0.25) is 5.91 Å². The van der Waals surface area contributed by atoms with Crippen LogP contribution in [0, 0.1) is 6.92 Å². The number of carbonyl (C=O) groups excluding carboxylic acids is 2. The maximum atomic E-state index is 12.8. The molecule has 2 aromatic rings. The van der Waals surface area contributed by atoms with Gasteiger partial charge in [0, 0.05) is 30.4 Å². The zero-order valence-electron chi connectivity index (χ0n) is 16.9. The van der Waals surface area contributed by atoms with Gasteiger partial charge in [0.15, 0.2) is 0 Å². The van der Waals surface area contributed by atoms with E-state index in [1.165, 1.54) is 0 Å². The lowest BCUT2D eigenvalue weighted by Gasteiger charge is -2.26. The van der Waals surface area contributed by atoms with Gasteiger partial charge in [-0.1, -0.05) is 30.3 Å². The second kappa shape index (κ2) is 9.02. The molecular weight excluding hydrogens is 350 g/mol. The molecule has 2 aromatic carbocycles. The summed E-state index contributed by atoms with van der Waals surface area (Å²) in [5, 5.41) is 3.00. The van der Waals surface area contributed by atoms with Gasteiger partial charge >= 0.3 is 0 Å². The number of aryl methyl sites for hydroxylation is 1. The van der Waals surface area contributed by atoms with Crippen molar-refractivity contribution in [3.8, 4) is 0 Å². The molecule has 28 heavy (non-hydrogen) atoms. The molecule has 0 unspecified atom stereocenters. The fourth-order valence-electron chi connectivity index (χ4n) is 3.29. The van der Waals surface area contributed by atoms with Crippen molar-refractivity contribution < 1.29 is 9.59 Å². The van der Waals surface area contributed by atoms with Crippen LogP contribution in [0.2, 0.25) is 0 Å². The van der Waals surface area contributed by atoms with Crippen molar-refractivity contribution in [2.24, 2.45) is 0 Å². The number of carbonyl (C=O) groups is 2. The molecule has 0 saturated heterocycles. The number of nitrogens with one attached hydrogen (secondary N) is 1. The summed E-state index contributed by atoms with van der Waals surface area (Å²) in [7, 11) is 1.94. The summed E-state index contributed by atoms with van der Waals surface area (Å²) in [4.78, 5) is 28.7. The number of hydrogen-bond acceptors (Lipinski definition) is 3. The Morgan fingerprint density at radius 1 is 1.07 bits per heavy atom. The Kier molecular flexibility index (Phi) is 6.47. The minimum absolute atomic E-state index is 0.00518. The smallest absolute Gasteiger partial charge is 0.251 e. The first kappa shape index (κ1) is 20.1. The van der Waals surface area contributed by atoms with Crippen molar-refractivity contribution >= 4 is 17.5 Å². The molecule has 2 amide bonds. The Labute approximate surface area is 167 Å². The molecule has 148 valence electrons. The van der Waals surface area contributed by atoms with E-state index in [-0.39, 0.29) is 11.8 Å². The summed E-state index contributed by atoms with van der Waals surface area (Å²) in [6.45, 7) is 5.65. The minimum atomic E-state index is -0.00518. The van der Waals surface area contributed by atoms with Gasteiger partial charge in [-0.2, -0.15) is 0 Å². The highest BCUT2D eigenvalue weighted by Gasteiger charge is 2.23. The number of amides is 2. The maximum absolute atomic E-state index is 12.8. The molecule has 0 aromatic heterocycles. The van der Waals surface area contributed by atoms with Gasteiger partial charge in [0.05, 0.1) is 6.54 Å². The molecule has 0 atom stereocenters. The number of benzene rings is 2. The van der Waals surface area contributed by atoms with Gasteiger partial charge in [0.25, 0.3) is 5.91 Å². The van der Waals surface area contributed by atoms with Crippen LogP contribution in [0.3, 0.4) is 0 Å². The van der Waals surface area contributed by atoms with Crippen LogP contribution in [0.5, 0.6) is 0 Å². The van der Waals surface area contributed by atoms with Gasteiger partial charge in [-0.05, 0) is 63.1 Å². The fourth-order valence-corrected chi connectivity index (χ4v) is 3.29. The topological polar surface area (TPSA) is 52.7 Å². The van der Waals surface area contributed by atoms with E-state index in [2.05, 4.69) is 5.32 Å². The molecule has 5 nitrogen and oxygen atoms in total. The molecule has 0 bridgehead atoms. The second-order valence-electron chi connectivity index (χ2n) is 7.54. The first-order chi connectivity index (χ1) is 13.5. The molecule has 5 heteroatoms. The zero-order valence-corrected chi connectivity index (χ0v) is 16.9. The number of hydrogen-bond donors (Lipinski definition) is 1. The van der Waals surface area contributed by atoms with Crippen molar-refractivity contribution in [3.05, 3.63) is 65.2 Å². The van der Waals surface area contributed by atoms with E-state index in [4.69, 9.17) is 0 Å². The Bertz CT molecular complexity index is 828. The molecule has 1 fully saturated rings. The van der Waals surface area contributed by atoms with E-state index in [1.54, 1.807) is 0 Å². The maximum Gasteiger partial charge on any atom is 0.251 e. The van der Waals surface area contributed by atoms with Crippen LogP contribution in [-0.4, -0.2) is 42.9 Å². The number of nitrogens with zero attached hydrogens (tertiary/aromatic N) is 2. The lowest BCUT2D eigenvalue weighted by molar-refractivity contribution is -0.119. The minimum Gasteiger partial charge on any atom is -0.349 e. The second-order valence-corrected chi connectivity index (χ2v) is 7.54. The molecule has 1 aliphatic carbocycles. The molecule has 1 aliphatic rings. The van der Waals surface area contributed by atoms with Crippen molar-refractivity contribution in [2.75, 3.05) is 25.0 Å². The van der Waals surface area contributed by atoms with Crippen LogP contribution in [0.25, 0.3) is 0 Å². The third-order valence-electron chi connectivity index (χ3n) is 5.01. The van der Waals surface area contributed by atoms with Gasteiger partial charge in [0.1, 0.15) is 0 Å². The molecule has 1 saturated carbocycles. The fraction of sp³-hybridized carbons (Fsp3) is 0.391. The summed E-state index contributed by atoms with van der Waals surface area (Å²) in [5.74, 6) is 0.0779. The van der Waals surface area contributed by atoms with Crippen LogP contribution in [0.4, 0.5) is 5.69 Å². The highest BCUT2D eigenvalue weighted by atomic mass is 16.2. The number of anilines is 1. The summed E-state index contributed by atoms with van der Waals surface area (Å²) in [5.41, 5.74) is 3.83. The molecule has 3 rings (SSSR count). The van der Waals surface area contributed by atoms with Crippen LogP contribution in [0.15, 0.2) is 48.5 Å². The summed E-state index contributed by atoms with van der Waals surface area (Å²) in [6.07, 6.45) is 2.17. The Morgan fingerprint density at radius 2 is 1.75 bits per heavy atom. The third-order valence-corrected chi connectivity index (χ3v) is 5.01. The first-order valence-corrected chi connectivity index (χ1v) is 9.92. The normalized spacial score (nSPS) is 13.4. The predicted molar refractivity (Wildman–Crippen MR) is 112 cm³/mol. The highest BCUT2D eigenvalue weighted by molar-refractivity contribution is 5.95. The summed E-state index contributed by atoms with van der Waals surface area (Å²) >= 11 is 0. The zero-order chi connectivity index (χ0) is 20.1. The summed E-state index contributed by atoms with van der Waals surface area (Å²) < 4.78 is 0. The predicted octanol–water partition coefficient (Wildman–Crippen LogP) is 3.37. The van der Waals surface area contributed by atoms with Crippen molar-refractivity contribution in [2.45, 2.75) is 39.3 Å². The van der Waals surface area contributed by atoms with Gasteiger partial charge in [-0.25, -0.2) is 0 Å². The largest absolute Gasteiger partial charge is 0.349 e. The van der Waals surface area contributed by atoms with E-state index in [9.17, 15) is 9.59 Å². The van der Waals surface area contributed by atoms with Crippen molar-refractivity contribution in [3.63, 3.8) is 0 Å². The SMILES string of the molecule is CCN(C(=O)CN(C)Cc1ccc(C(=O)NC2CC2)cc1)c1ccccc1C. The van der Waals surface area contributed by atoms with Crippen LogP contribution >= 0.6 is 0 Å². The average molecular weight is 380 g/mol. The first-order valence-electron chi connectivity index (χ1n) is 9.92. The van der Waals surface area contributed by atoms with Crippen LogP contribution in [0.1, 0.15) is 41.3 Å². The standard InChI is InChI=1S/C23H29N3O2/c1-4-26(21-8-6-5-7-17(21)2)22(27)16-25(3)15-18-9-11-19(12-10-18)23(28)24-20-13-14-20/h5-12,20H,4,13-16H2,1-3H3,(H,24,28). The van der Waals surface area contributed by atoms with E-state index < -0.39 is 0 Å². The molecule has 0 radical (unpaired) electrons. The number of rotatable bonds is 8. The Balaban J connectivity index is 1.56. The van der Waals surface area contributed by atoms with Crippen molar-refractivity contribution in [1.82, 2.24) is 10.2 Å². The molecular formula is C23H29N3O2. The monoisotopic (exact) mass is 379 g/mol. The average Bonchev–Trinajstić information content (AvgIpc) is 3.48. The molecule has 0 spiro atoms. The lowest BCUT2D eigenvalue weighted by atomic mass is 10.1. The highest BCUT2D eigenvalue weighted by Crippen LogP contribution is 2.20. The van der Waals surface area contributed by atoms with E-state index in [0.717, 1.165) is 29.7 Å². The van der Waals surface area contributed by atoms with E-state index in [1.807, 2.05) is 79.2 Å². The van der Waals surface area contributed by atoms with Gasteiger partial charge < -0.3 is 10.2 Å². The third kappa shape index (κ3) is 5.20. The lowest BCUT2D eigenvalue weighted by Crippen LogP contribution is -2.39. The Hall–Kier alpha value is -2.66. The quantitative estimate of drug-likeness (QED) is 0.765. The number of likely N-dealkylation sites (N-methyl/N-ethyl adjacent to an activating group) is 2. The van der Waals surface area contributed by atoms with Crippen molar-refractivity contribution in [1.29, 1.82) is 0 Å². The van der Waals surface area contributed by atoms with Gasteiger partial charge in [-0.15, -0.1) is 0 Å². The Morgan fingerprint density at radius 3 is 2.36 bits per heavy atom. The van der Waals surface area contributed by atoms with Crippen LogP contribution in [-0.2, 0) is 11.3 Å². The molecule has 0 aliphatic heterocycles. The number of para-hydroxylation sites is 1. The van der Waals surface area contributed by atoms with Gasteiger partial charge in [-0.3, -0.25) is 14.5 Å².